The van der Waals surface area contributed by atoms with Crippen molar-refractivity contribution in [2.45, 2.75) is 51.4 Å². The first-order valence-corrected chi connectivity index (χ1v) is 19.6. The molecule has 9 rings (SSSR count). The summed E-state index contributed by atoms with van der Waals surface area (Å²) in [4.78, 5) is 48.0. The summed E-state index contributed by atoms with van der Waals surface area (Å²) in [6.07, 6.45) is 3.28. The van der Waals surface area contributed by atoms with E-state index in [-0.39, 0.29) is 36.9 Å². The Hall–Kier alpha value is -6.11. The molecule has 3 amide bonds. The number of carbonyl (C=O) groups excluding carboxylic acids is 3. The summed E-state index contributed by atoms with van der Waals surface area (Å²) >= 11 is 0. The van der Waals surface area contributed by atoms with Crippen LogP contribution in [0.25, 0.3) is 11.3 Å². The zero-order chi connectivity index (χ0) is 39.0. The number of hydrogen-bond donors (Lipinski definition) is 2. The second kappa shape index (κ2) is 15.4. The lowest BCUT2D eigenvalue weighted by atomic mass is 9.92. The van der Waals surface area contributed by atoms with Gasteiger partial charge in [0.2, 0.25) is 12.7 Å². The molecule has 12 nitrogen and oxygen atoms in total. The third kappa shape index (κ3) is 7.22. The molecule has 3 N–H and O–H groups in total. The quantitative estimate of drug-likeness (QED) is 0.193. The lowest BCUT2D eigenvalue weighted by Crippen LogP contribution is -2.52. The molecule has 1 aromatic heterocycles. The minimum atomic E-state index is -0.528. The number of rotatable bonds is 9. The number of fused-ring (bicyclic) bond motifs is 3. The van der Waals surface area contributed by atoms with Crippen molar-refractivity contribution < 1.29 is 33.7 Å². The Balaban J connectivity index is 1.12. The van der Waals surface area contributed by atoms with Gasteiger partial charge >= 0.3 is 0 Å². The summed E-state index contributed by atoms with van der Waals surface area (Å²) in [5.41, 5.74) is 13.1. The van der Waals surface area contributed by atoms with Crippen LogP contribution in [0.1, 0.15) is 66.3 Å². The minimum Gasteiger partial charge on any atom is -0.508 e. The van der Waals surface area contributed by atoms with E-state index in [4.69, 9.17) is 19.9 Å². The highest BCUT2D eigenvalue weighted by Crippen LogP contribution is 2.42. The van der Waals surface area contributed by atoms with Crippen molar-refractivity contribution in [3.63, 3.8) is 0 Å². The van der Waals surface area contributed by atoms with E-state index in [9.17, 15) is 14.7 Å². The molecule has 292 valence electrons. The summed E-state index contributed by atoms with van der Waals surface area (Å²) in [6, 6.07) is 27.4. The highest BCUT2D eigenvalue weighted by atomic mass is 16.7. The van der Waals surface area contributed by atoms with Crippen LogP contribution < -0.4 is 20.1 Å². The third-order valence-corrected chi connectivity index (χ3v) is 11.7. The van der Waals surface area contributed by atoms with Crippen LogP contribution in [0.3, 0.4) is 0 Å². The van der Waals surface area contributed by atoms with Crippen molar-refractivity contribution in [3.8, 4) is 28.5 Å². The van der Waals surface area contributed by atoms with E-state index in [1.807, 2.05) is 29.2 Å². The molecule has 0 unspecified atom stereocenters. The van der Waals surface area contributed by atoms with Crippen molar-refractivity contribution in [1.29, 1.82) is 0 Å². The Labute approximate surface area is 330 Å². The monoisotopic (exact) mass is 767 g/mol. The number of morpholine rings is 1. The maximum absolute atomic E-state index is 15.2. The van der Waals surface area contributed by atoms with Crippen molar-refractivity contribution >= 4 is 23.4 Å². The van der Waals surface area contributed by atoms with Crippen LogP contribution in [0.4, 0.5) is 5.69 Å². The van der Waals surface area contributed by atoms with E-state index in [1.54, 1.807) is 53.4 Å². The number of phenolic OH excluding ortho intramolecular Hbond substituents is 1. The van der Waals surface area contributed by atoms with E-state index in [0.29, 0.717) is 72.2 Å². The molecule has 0 spiro atoms. The fraction of sp³-hybridized carbons (Fsp3) is 0.311. The summed E-state index contributed by atoms with van der Waals surface area (Å²) in [5.74, 6) is 0.320. The zero-order valence-corrected chi connectivity index (χ0v) is 31.7. The van der Waals surface area contributed by atoms with Gasteiger partial charge in [0.1, 0.15) is 5.75 Å². The molecule has 4 aliphatic heterocycles. The molecule has 1 fully saturated rings. The molecular formula is C45H45N5O7. The van der Waals surface area contributed by atoms with Gasteiger partial charge in [-0.1, -0.05) is 36.4 Å². The highest BCUT2D eigenvalue weighted by molar-refractivity contribution is 6.09. The van der Waals surface area contributed by atoms with Gasteiger partial charge in [-0.3, -0.25) is 19.3 Å². The molecule has 0 radical (unpaired) electrons. The number of ether oxygens (including phenoxy) is 3. The molecule has 5 heterocycles. The largest absolute Gasteiger partial charge is 0.508 e. The number of benzene rings is 4. The van der Waals surface area contributed by atoms with Gasteiger partial charge in [0.15, 0.2) is 11.5 Å². The number of primary amides is 1. The fourth-order valence-electron chi connectivity index (χ4n) is 8.66. The van der Waals surface area contributed by atoms with E-state index in [2.05, 4.69) is 27.7 Å². The predicted molar refractivity (Wildman–Crippen MR) is 214 cm³/mol. The molecule has 1 saturated heterocycles. The van der Waals surface area contributed by atoms with Crippen LogP contribution in [-0.4, -0.2) is 82.9 Å². The second-order valence-electron chi connectivity index (χ2n) is 15.2. The van der Waals surface area contributed by atoms with Gasteiger partial charge < -0.3 is 39.4 Å². The van der Waals surface area contributed by atoms with Crippen LogP contribution in [0.2, 0.25) is 0 Å². The number of amides is 3. The van der Waals surface area contributed by atoms with E-state index in [1.165, 1.54) is 5.56 Å². The second-order valence-corrected chi connectivity index (χ2v) is 15.2. The normalized spacial score (nSPS) is 17.5. The topological polar surface area (TPSA) is 140 Å². The van der Waals surface area contributed by atoms with Gasteiger partial charge in [-0.05, 0) is 97.0 Å². The first-order chi connectivity index (χ1) is 27.8. The van der Waals surface area contributed by atoms with E-state index >= 15 is 4.79 Å². The van der Waals surface area contributed by atoms with Crippen molar-refractivity contribution in [1.82, 2.24) is 14.4 Å². The third-order valence-electron chi connectivity index (χ3n) is 11.7. The molecular weight excluding hydrogens is 723 g/mol. The summed E-state index contributed by atoms with van der Waals surface area (Å²) in [6.45, 7) is 5.16. The molecule has 0 aliphatic carbocycles. The maximum atomic E-state index is 15.2. The highest BCUT2D eigenvalue weighted by Gasteiger charge is 2.36. The van der Waals surface area contributed by atoms with Crippen LogP contribution >= 0.6 is 0 Å². The molecule has 0 bridgehead atoms. The molecule has 1 atom stereocenters. The summed E-state index contributed by atoms with van der Waals surface area (Å²) in [5, 5.41) is 10.1. The molecule has 57 heavy (non-hydrogen) atoms. The van der Waals surface area contributed by atoms with E-state index < -0.39 is 5.91 Å². The van der Waals surface area contributed by atoms with Crippen LogP contribution in [0.15, 0.2) is 91.0 Å². The average molecular weight is 768 g/mol. The van der Waals surface area contributed by atoms with Crippen molar-refractivity contribution in [2.75, 3.05) is 44.5 Å². The predicted octanol–water partition coefficient (Wildman–Crippen LogP) is 5.77. The Kier molecular flexibility index (Phi) is 9.89. The summed E-state index contributed by atoms with van der Waals surface area (Å²) < 4.78 is 19.6. The number of anilines is 1. The summed E-state index contributed by atoms with van der Waals surface area (Å²) in [7, 11) is 0. The fourth-order valence-corrected chi connectivity index (χ4v) is 8.66. The number of aromatic hydroxyl groups is 1. The number of phenols is 1. The number of hydrogen-bond acceptors (Lipinski definition) is 8. The maximum Gasteiger partial charge on any atom is 0.260 e. The van der Waals surface area contributed by atoms with E-state index in [0.717, 1.165) is 61.4 Å². The van der Waals surface area contributed by atoms with Gasteiger partial charge in [-0.15, -0.1) is 0 Å². The smallest absolute Gasteiger partial charge is 0.260 e. The van der Waals surface area contributed by atoms with Gasteiger partial charge in [0.05, 0.1) is 30.9 Å². The Morgan fingerprint density at radius 2 is 1.56 bits per heavy atom. The average Bonchev–Trinajstić information content (AvgIpc) is 3.87. The lowest BCUT2D eigenvalue weighted by molar-refractivity contribution is 0.0193. The Morgan fingerprint density at radius 3 is 2.32 bits per heavy atom. The number of carbonyl (C=O) groups is 3. The lowest BCUT2D eigenvalue weighted by Gasteiger charge is -2.40. The van der Waals surface area contributed by atoms with Gasteiger partial charge in [0.25, 0.3) is 11.8 Å². The Bertz CT molecular complexity index is 2330. The van der Waals surface area contributed by atoms with Gasteiger partial charge in [-0.25, -0.2) is 0 Å². The zero-order valence-electron chi connectivity index (χ0n) is 31.7. The van der Waals surface area contributed by atoms with Crippen LogP contribution in [0, 0.1) is 0 Å². The molecule has 4 aromatic carbocycles. The molecule has 5 aromatic rings. The number of nitrogens with two attached hydrogens (primary N) is 1. The number of aromatic nitrogens is 1. The minimum absolute atomic E-state index is 0.0567. The van der Waals surface area contributed by atoms with Gasteiger partial charge in [-0.2, -0.15) is 0 Å². The van der Waals surface area contributed by atoms with Gasteiger partial charge in [0, 0.05) is 67.0 Å². The van der Waals surface area contributed by atoms with Crippen LogP contribution in [0.5, 0.6) is 17.2 Å². The Morgan fingerprint density at radius 1 is 0.825 bits per heavy atom. The first kappa shape index (κ1) is 36.5. The first-order valence-electron chi connectivity index (χ1n) is 19.6. The SMILES string of the molecule is NC(=O)c1ccc(CN(C(=O)c2cc(-c3cc4c(cc3C(=O)N3Cc5ccccc5C[C@H]3CN3CCOCC3)OCO4)n3c2CCCC3)c2ccc(O)cc2)cc1. The van der Waals surface area contributed by atoms with Crippen molar-refractivity contribution in [2.24, 2.45) is 5.73 Å². The standard InChI is InChI=1S/C45H45N5O7/c46-43(52)30-10-8-29(9-11-30)25-49(33-12-14-35(51)15-13-33)45(54)38-22-40(48-16-4-3-7-39(38)48)36-23-41-42(57-28-56-41)24-37(36)44(53)50-26-32-6-2-1-5-31(32)21-34(50)27-47-17-19-55-20-18-47/h1-2,5-6,8-15,22-24,34,51H,3-4,7,16-21,25-28H2,(H2,46,52)/t34-/m0/s1. The van der Waals surface area contributed by atoms with Crippen molar-refractivity contribution in [3.05, 3.63) is 130 Å². The molecule has 0 saturated carbocycles. The number of nitrogens with zero attached hydrogens (tertiary/aromatic N) is 4. The molecule has 4 aliphatic rings. The molecule has 12 heteroatoms. The van der Waals surface area contributed by atoms with Crippen LogP contribution in [-0.2, 0) is 37.2 Å².